The van der Waals surface area contributed by atoms with Crippen molar-refractivity contribution >= 4 is 17.4 Å². The van der Waals surface area contributed by atoms with Gasteiger partial charge >= 0.3 is 0 Å². The molecule has 0 aromatic carbocycles. The number of carbonyl (C=O) groups is 1. The van der Waals surface area contributed by atoms with Gasteiger partial charge in [0.05, 0.1) is 0 Å². The lowest BCUT2D eigenvalue weighted by Crippen LogP contribution is -2.37. The van der Waals surface area contributed by atoms with E-state index in [0.717, 1.165) is 18.8 Å². The van der Waals surface area contributed by atoms with Crippen LogP contribution >= 0.6 is 11.5 Å². The summed E-state index contributed by atoms with van der Waals surface area (Å²) in [6.45, 7) is 2.27. The molecule has 0 radical (unpaired) electrons. The number of nitrogens with zero attached hydrogens (tertiary/aromatic N) is 2. The van der Waals surface area contributed by atoms with E-state index in [2.05, 4.69) is 21.8 Å². The molecule has 15 heavy (non-hydrogen) atoms. The second-order valence-electron chi connectivity index (χ2n) is 4.22. The molecule has 2 rings (SSSR count). The van der Waals surface area contributed by atoms with Gasteiger partial charge in [0, 0.05) is 11.4 Å². The van der Waals surface area contributed by atoms with Gasteiger partial charge in [-0.05, 0) is 43.1 Å². The Kier molecular flexibility index (Phi) is 3.30. The highest BCUT2D eigenvalue weighted by Crippen LogP contribution is 2.23. The monoisotopic (exact) mass is 225 g/mol. The molecular weight excluding hydrogens is 210 g/mol. The molecule has 0 aliphatic heterocycles. The molecule has 1 aliphatic carbocycles. The normalized spacial score (nSPS) is 26.2. The van der Waals surface area contributed by atoms with Crippen molar-refractivity contribution in [1.82, 2.24) is 14.9 Å². The van der Waals surface area contributed by atoms with Gasteiger partial charge in [0.15, 0.2) is 5.69 Å². The molecule has 1 aromatic heterocycles. The van der Waals surface area contributed by atoms with Crippen molar-refractivity contribution in [2.24, 2.45) is 5.92 Å². The van der Waals surface area contributed by atoms with Crippen molar-refractivity contribution < 1.29 is 4.79 Å². The number of nitrogens with one attached hydrogen (secondary N) is 1. The van der Waals surface area contributed by atoms with Crippen LogP contribution < -0.4 is 5.32 Å². The Labute approximate surface area is 93.2 Å². The van der Waals surface area contributed by atoms with Gasteiger partial charge in [-0.2, -0.15) is 0 Å². The molecule has 5 heteroatoms. The van der Waals surface area contributed by atoms with E-state index >= 15 is 0 Å². The Bertz CT molecular complexity index is 317. The highest BCUT2D eigenvalue weighted by Gasteiger charge is 2.20. The summed E-state index contributed by atoms with van der Waals surface area (Å²) >= 11 is 1.21. The highest BCUT2D eigenvalue weighted by molar-refractivity contribution is 7.03. The first-order valence-electron chi connectivity index (χ1n) is 5.33. The fraction of sp³-hybridized carbons (Fsp3) is 0.700. The zero-order valence-corrected chi connectivity index (χ0v) is 9.59. The minimum absolute atomic E-state index is 0.0803. The van der Waals surface area contributed by atoms with Gasteiger partial charge in [-0.25, -0.2) is 0 Å². The number of rotatable bonds is 2. The average Bonchev–Trinajstić information content (AvgIpc) is 2.74. The second-order valence-corrected chi connectivity index (χ2v) is 4.83. The molecule has 0 spiro atoms. The molecule has 1 aliphatic rings. The van der Waals surface area contributed by atoms with Crippen molar-refractivity contribution in [3.63, 3.8) is 0 Å². The van der Waals surface area contributed by atoms with E-state index in [4.69, 9.17) is 0 Å². The molecule has 1 saturated carbocycles. The predicted octanol–water partition coefficient (Wildman–Crippen LogP) is 1.85. The summed E-state index contributed by atoms with van der Waals surface area (Å²) in [5.41, 5.74) is 0.443. The van der Waals surface area contributed by atoms with E-state index in [1.165, 1.54) is 24.4 Å². The molecule has 1 amide bonds. The van der Waals surface area contributed by atoms with Crippen LogP contribution in [0.2, 0.25) is 0 Å². The zero-order valence-electron chi connectivity index (χ0n) is 8.77. The van der Waals surface area contributed by atoms with Gasteiger partial charge in [-0.3, -0.25) is 4.79 Å². The standard InChI is InChI=1S/C10H15N3OS/c1-7-2-4-8(5-3-7)11-10(14)9-6-15-13-12-9/h6-8H,2-5H2,1H3,(H,11,14). The minimum Gasteiger partial charge on any atom is -0.348 e. The fourth-order valence-corrected chi connectivity index (χ4v) is 2.36. The number of carbonyl (C=O) groups excluding carboxylic acids is 1. The predicted molar refractivity (Wildman–Crippen MR) is 58.8 cm³/mol. The van der Waals surface area contributed by atoms with E-state index in [1.807, 2.05) is 0 Å². The Hall–Kier alpha value is -0.970. The van der Waals surface area contributed by atoms with Crippen LogP contribution in [0.4, 0.5) is 0 Å². The zero-order chi connectivity index (χ0) is 10.7. The van der Waals surface area contributed by atoms with Crippen LogP contribution in [0.25, 0.3) is 0 Å². The number of amides is 1. The third-order valence-electron chi connectivity index (χ3n) is 2.94. The second kappa shape index (κ2) is 4.70. The van der Waals surface area contributed by atoms with Crippen molar-refractivity contribution in [2.45, 2.75) is 38.6 Å². The number of aromatic nitrogens is 2. The van der Waals surface area contributed by atoms with E-state index in [-0.39, 0.29) is 5.91 Å². The van der Waals surface area contributed by atoms with Crippen LogP contribution in [-0.4, -0.2) is 21.5 Å². The minimum atomic E-state index is -0.0803. The summed E-state index contributed by atoms with van der Waals surface area (Å²) in [4.78, 5) is 11.6. The summed E-state index contributed by atoms with van der Waals surface area (Å²) in [6.07, 6.45) is 4.59. The van der Waals surface area contributed by atoms with Crippen LogP contribution in [0.3, 0.4) is 0 Å². The van der Waals surface area contributed by atoms with Crippen LogP contribution in [-0.2, 0) is 0 Å². The number of hydrogen-bond acceptors (Lipinski definition) is 4. The lowest BCUT2D eigenvalue weighted by Gasteiger charge is -2.26. The highest BCUT2D eigenvalue weighted by atomic mass is 32.1. The Morgan fingerprint density at radius 3 is 2.80 bits per heavy atom. The molecule has 82 valence electrons. The molecular formula is C10H15N3OS. The molecule has 0 saturated heterocycles. The van der Waals surface area contributed by atoms with Gasteiger partial charge < -0.3 is 5.32 Å². The average molecular weight is 225 g/mol. The van der Waals surface area contributed by atoms with Crippen LogP contribution in [0.15, 0.2) is 5.38 Å². The maximum Gasteiger partial charge on any atom is 0.272 e. The fourth-order valence-electron chi connectivity index (χ4n) is 1.93. The lowest BCUT2D eigenvalue weighted by molar-refractivity contribution is 0.0918. The lowest BCUT2D eigenvalue weighted by atomic mass is 9.87. The molecule has 4 nitrogen and oxygen atoms in total. The van der Waals surface area contributed by atoms with Gasteiger partial charge in [0.2, 0.25) is 0 Å². The van der Waals surface area contributed by atoms with Crippen molar-refractivity contribution in [3.05, 3.63) is 11.1 Å². The first-order chi connectivity index (χ1) is 7.25. The van der Waals surface area contributed by atoms with E-state index in [9.17, 15) is 4.79 Å². The molecule has 1 aromatic rings. The third kappa shape index (κ3) is 2.75. The molecule has 1 fully saturated rings. The van der Waals surface area contributed by atoms with Gasteiger partial charge in [0.1, 0.15) is 0 Å². The van der Waals surface area contributed by atoms with Gasteiger partial charge in [-0.1, -0.05) is 11.4 Å². The van der Waals surface area contributed by atoms with Crippen LogP contribution in [0.1, 0.15) is 43.1 Å². The summed E-state index contributed by atoms with van der Waals surface area (Å²) in [6, 6.07) is 0.329. The summed E-state index contributed by atoms with van der Waals surface area (Å²) in [7, 11) is 0. The molecule has 0 bridgehead atoms. The molecule has 0 atom stereocenters. The maximum absolute atomic E-state index is 11.6. The Morgan fingerprint density at radius 1 is 1.47 bits per heavy atom. The summed E-state index contributed by atoms with van der Waals surface area (Å²) in [5, 5.41) is 8.44. The largest absolute Gasteiger partial charge is 0.348 e. The van der Waals surface area contributed by atoms with Crippen LogP contribution in [0, 0.1) is 5.92 Å². The van der Waals surface area contributed by atoms with Crippen molar-refractivity contribution in [1.29, 1.82) is 0 Å². The Balaban J connectivity index is 1.85. The topological polar surface area (TPSA) is 54.9 Å². The van der Waals surface area contributed by atoms with Crippen LogP contribution in [0.5, 0.6) is 0 Å². The van der Waals surface area contributed by atoms with Gasteiger partial charge in [-0.15, -0.1) is 5.10 Å². The first kappa shape index (κ1) is 10.5. The van der Waals surface area contributed by atoms with E-state index in [0.29, 0.717) is 11.7 Å². The maximum atomic E-state index is 11.6. The Morgan fingerprint density at radius 2 is 2.20 bits per heavy atom. The third-order valence-corrected chi connectivity index (χ3v) is 3.45. The number of hydrogen-bond donors (Lipinski definition) is 1. The van der Waals surface area contributed by atoms with Crippen molar-refractivity contribution in [3.8, 4) is 0 Å². The first-order valence-corrected chi connectivity index (χ1v) is 6.17. The molecule has 1 heterocycles. The molecule has 1 N–H and O–H groups in total. The van der Waals surface area contributed by atoms with E-state index < -0.39 is 0 Å². The van der Waals surface area contributed by atoms with E-state index in [1.54, 1.807) is 5.38 Å². The van der Waals surface area contributed by atoms with Gasteiger partial charge in [0.25, 0.3) is 5.91 Å². The SMILES string of the molecule is CC1CCC(NC(=O)c2csnn2)CC1. The summed E-state index contributed by atoms with van der Waals surface area (Å²) in [5.74, 6) is 0.724. The summed E-state index contributed by atoms with van der Waals surface area (Å²) < 4.78 is 3.68. The quantitative estimate of drug-likeness (QED) is 0.835. The smallest absolute Gasteiger partial charge is 0.272 e. The molecule has 0 unspecified atom stereocenters. The van der Waals surface area contributed by atoms with Crippen molar-refractivity contribution in [2.75, 3.05) is 0 Å².